The molecule has 0 amide bonds. The van der Waals surface area contributed by atoms with Crippen LogP contribution in [0.1, 0.15) is 25.3 Å². The maximum Gasteiger partial charge on any atom is 0.0653 e. The van der Waals surface area contributed by atoms with Gasteiger partial charge in [0.1, 0.15) is 0 Å². The summed E-state index contributed by atoms with van der Waals surface area (Å²) in [7, 11) is 0. The Hall–Kier alpha value is -1.39. The first-order chi connectivity index (χ1) is 8.81. The minimum Gasteiger partial charge on any atom is -0.312 e. The summed E-state index contributed by atoms with van der Waals surface area (Å²) in [4.78, 5) is 0. The average Bonchev–Trinajstić information content (AvgIpc) is 3.10. The molecule has 3 rings (SSSR count). The van der Waals surface area contributed by atoms with E-state index in [9.17, 15) is 0 Å². The summed E-state index contributed by atoms with van der Waals surface area (Å²) < 4.78 is 0. The lowest BCUT2D eigenvalue weighted by atomic mass is 10.1. The molecule has 2 aromatic rings. The molecule has 1 aromatic heterocycles. The Morgan fingerprint density at radius 3 is 3.17 bits per heavy atom. The second-order valence-corrected chi connectivity index (χ2v) is 5.26. The van der Waals surface area contributed by atoms with Crippen molar-refractivity contribution in [2.45, 2.75) is 38.4 Å². The predicted molar refractivity (Wildman–Crippen MR) is 73.4 cm³/mol. The highest BCUT2D eigenvalue weighted by Gasteiger charge is 2.20. The van der Waals surface area contributed by atoms with E-state index in [1.165, 1.54) is 23.8 Å². The molecule has 1 aliphatic carbocycles. The van der Waals surface area contributed by atoms with Gasteiger partial charge in [-0.25, -0.2) is 0 Å². The van der Waals surface area contributed by atoms with Crippen LogP contribution in [0.4, 0.5) is 0 Å². The van der Waals surface area contributed by atoms with Crippen molar-refractivity contribution in [3.05, 3.63) is 30.0 Å². The molecule has 1 aromatic carbocycles. The quantitative estimate of drug-likeness (QED) is 0.726. The van der Waals surface area contributed by atoms with Gasteiger partial charge in [-0.3, -0.25) is 5.10 Å². The molecule has 1 atom stereocenters. The fourth-order valence-corrected chi connectivity index (χ4v) is 2.09. The summed E-state index contributed by atoms with van der Waals surface area (Å²) >= 11 is 0. The summed E-state index contributed by atoms with van der Waals surface area (Å²) in [5.74, 6) is 0. The predicted octanol–water partition coefficient (Wildman–Crippen LogP) is 1.79. The number of H-pyrrole nitrogens is 1. The van der Waals surface area contributed by atoms with E-state index in [0.29, 0.717) is 6.04 Å². The second kappa shape index (κ2) is 5.08. The number of aromatic amines is 1. The van der Waals surface area contributed by atoms with Gasteiger partial charge in [0.15, 0.2) is 0 Å². The molecule has 0 bridgehead atoms. The van der Waals surface area contributed by atoms with Gasteiger partial charge in [0.25, 0.3) is 0 Å². The standard InChI is InChI=1S/C14H20N4/c1-10(7-16-13-4-5-13)15-8-11-2-3-12-9-17-18-14(12)6-11/h2-3,6,9-10,13,15-16H,4-5,7-8H2,1H3,(H,17,18). The van der Waals surface area contributed by atoms with Crippen LogP contribution in [0.15, 0.2) is 24.4 Å². The van der Waals surface area contributed by atoms with Crippen molar-refractivity contribution in [1.82, 2.24) is 20.8 Å². The Morgan fingerprint density at radius 2 is 2.33 bits per heavy atom. The zero-order valence-electron chi connectivity index (χ0n) is 10.7. The zero-order chi connectivity index (χ0) is 12.4. The molecule has 1 fully saturated rings. The van der Waals surface area contributed by atoms with Gasteiger partial charge in [-0.2, -0.15) is 5.10 Å². The van der Waals surface area contributed by atoms with E-state index in [1.807, 2.05) is 6.20 Å². The van der Waals surface area contributed by atoms with E-state index in [2.05, 4.69) is 46.0 Å². The summed E-state index contributed by atoms with van der Waals surface area (Å²) in [5.41, 5.74) is 2.41. The molecule has 4 nitrogen and oxygen atoms in total. The first kappa shape index (κ1) is 11.7. The minimum absolute atomic E-state index is 0.503. The maximum atomic E-state index is 4.04. The van der Waals surface area contributed by atoms with Crippen LogP contribution in [-0.4, -0.2) is 28.8 Å². The van der Waals surface area contributed by atoms with E-state index in [4.69, 9.17) is 0 Å². The number of hydrogen-bond acceptors (Lipinski definition) is 3. The lowest BCUT2D eigenvalue weighted by molar-refractivity contribution is 0.500. The third-order valence-corrected chi connectivity index (χ3v) is 3.45. The van der Waals surface area contributed by atoms with E-state index < -0.39 is 0 Å². The minimum atomic E-state index is 0.503. The van der Waals surface area contributed by atoms with Crippen molar-refractivity contribution < 1.29 is 0 Å². The van der Waals surface area contributed by atoms with Gasteiger partial charge < -0.3 is 10.6 Å². The highest BCUT2D eigenvalue weighted by molar-refractivity contribution is 5.78. The van der Waals surface area contributed by atoms with E-state index in [0.717, 1.165) is 24.6 Å². The molecule has 1 aliphatic rings. The van der Waals surface area contributed by atoms with Crippen LogP contribution in [0.2, 0.25) is 0 Å². The van der Waals surface area contributed by atoms with E-state index in [1.54, 1.807) is 0 Å². The van der Waals surface area contributed by atoms with Crippen LogP contribution in [0.5, 0.6) is 0 Å². The highest BCUT2D eigenvalue weighted by atomic mass is 15.1. The van der Waals surface area contributed by atoms with Gasteiger partial charge in [-0.15, -0.1) is 0 Å². The van der Waals surface area contributed by atoms with Crippen LogP contribution < -0.4 is 10.6 Å². The molecular formula is C14H20N4. The van der Waals surface area contributed by atoms with E-state index >= 15 is 0 Å². The third kappa shape index (κ3) is 2.89. The number of aromatic nitrogens is 2. The Morgan fingerprint density at radius 1 is 1.44 bits per heavy atom. The van der Waals surface area contributed by atoms with Crippen LogP contribution >= 0.6 is 0 Å². The van der Waals surface area contributed by atoms with Crippen molar-refractivity contribution in [2.24, 2.45) is 0 Å². The normalized spacial score (nSPS) is 17.2. The Bertz CT molecular complexity index is 515. The van der Waals surface area contributed by atoms with E-state index in [-0.39, 0.29) is 0 Å². The second-order valence-electron chi connectivity index (χ2n) is 5.26. The molecule has 0 radical (unpaired) electrons. The van der Waals surface area contributed by atoms with Crippen molar-refractivity contribution in [3.8, 4) is 0 Å². The number of hydrogen-bond donors (Lipinski definition) is 3. The summed E-state index contributed by atoms with van der Waals surface area (Å²) in [6.45, 7) is 4.18. The monoisotopic (exact) mass is 244 g/mol. The fraction of sp³-hybridized carbons (Fsp3) is 0.500. The first-order valence-electron chi connectivity index (χ1n) is 6.70. The van der Waals surface area contributed by atoms with Gasteiger partial charge in [-0.05, 0) is 31.4 Å². The lowest BCUT2D eigenvalue weighted by Gasteiger charge is -2.14. The first-order valence-corrected chi connectivity index (χ1v) is 6.70. The Labute approximate surface area is 107 Å². The smallest absolute Gasteiger partial charge is 0.0653 e. The molecule has 1 saturated carbocycles. The molecule has 3 N–H and O–H groups in total. The molecule has 1 unspecified atom stereocenters. The van der Waals surface area contributed by atoms with Crippen LogP contribution in [-0.2, 0) is 6.54 Å². The molecule has 4 heteroatoms. The molecule has 1 heterocycles. The molecular weight excluding hydrogens is 224 g/mol. The largest absolute Gasteiger partial charge is 0.312 e. The van der Waals surface area contributed by atoms with Gasteiger partial charge in [-0.1, -0.05) is 12.1 Å². The molecule has 0 aliphatic heterocycles. The lowest BCUT2D eigenvalue weighted by Crippen LogP contribution is -2.36. The number of nitrogens with zero attached hydrogens (tertiary/aromatic N) is 1. The summed E-state index contributed by atoms with van der Waals surface area (Å²) in [6.07, 6.45) is 4.56. The number of rotatable bonds is 6. The van der Waals surface area contributed by atoms with Gasteiger partial charge in [0, 0.05) is 30.6 Å². The van der Waals surface area contributed by atoms with Gasteiger partial charge in [0.2, 0.25) is 0 Å². The zero-order valence-corrected chi connectivity index (χ0v) is 10.7. The molecule has 96 valence electrons. The molecule has 18 heavy (non-hydrogen) atoms. The van der Waals surface area contributed by atoms with Gasteiger partial charge >= 0.3 is 0 Å². The van der Waals surface area contributed by atoms with Crippen molar-refractivity contribution >= 4 is 10.9 Å². The molecule has 0 spiro atoms. The summed E-state index contributed by atoms with van der Waals surface area (Å²) in [5, 5.41) is 15.3. The SMILES string of the molecule is CC(CNC1CC1)NCc1ccc2cn[nH]c2c1. The number of fused-ring (bicyclic) bond motifs is 1. The summed E-state index contributed by atoms with van der Waals surface area (Å²) in [6, 6.07) is 7.73. The van der Waals surface area contributed by atoms with Crippen LogP contribution in [0.25, 0.3) is 10.9 Å². The maximum absolute atomic E-state index is 4.04. The number of benzene rings is 1. The molecule has 0 saturated heterocycles. The van der Waals surface area contributed by atoms with Crippen LogP contribution in [0, 0.1) is 0 Å². The Balaban J connectivity index is 1.51. The highest BCUT2D eigenvalue weighted by Crippen LogP contribution is 2.18. The van der Waals surface area contributed by atoms with Crippen molar-refractivity contribution in [3.63, 3.8) is 0 Å². The Kier molecular flexibility index (Phi) is 3.30. The third-order valence-electron chi connectivity index (χ3n) is 3.45. The van der Waals surface area contributed by atoms with Crippen molar-refractivity contribution in [2.75, 3.05) is 6.54 Å². The van der Waals surface area contributed by atoms with Crippen molar-refractivity contribution in [1.29, 1.82) is 0 Å². The average molecular weight is 244 g/mol. The van der Waals surface area contributed by atoms with Crippen LogP contribution in [0.3, 0.4) is 0 Å². The topological polar surface area (TPSA) is 52.7 Å². The number of nitrogens with one attached hydrogen (secondary N) is 3. The van der Waals surface area contributed by atoms with Gasteiger partial charge in [0.05, 0.1) is 11.7 Å². The fourth-order valence-electron chi connectivity index (χ4n) is 2.09.